The first-order valence-corrected chi connectivity index (χ1v) is 6.70. The molecule has 1 aromatic carbocycles. The van der Waals surface area contributed by atoms with Crippen LogP contribution in [0.5, 0.6) is 0 Å². The molecule has 16 heavy (non-hydrogen) atoms. The molecule has 1 aromatic rings. The molecule has 1 rings (SSSR count). The highest BCUT2D eigenvalue weighted by atomic mass is 32.1. The van der Waals surface area contributed by atoms with Gasteiger partial charge >= 0.3 is 0 Å². The van der Waals surface area contributed by atoms with Crippen molar-refractivity contribution in [3.8, 4) is 0 Å². The van der Waals surface area contributed by atoms with Gasteiger partial charge < -0.3 is 5.73 Å². The molecular formula is C14H23NS. The summed E-state index contributed by atoms with van der Waals surface area (Å²) in [6.07, 6.45) is 4.16. The number of hydrogen-bond donors (Lipinski definition) is 2. The molecule has 0 heterocycles. The molecule has 0 spiro atoms. The predicted octanol–water partition coefficient (Wildman–Crippen LogP) is 3.81. The molecule has 1 nitrogen and oxygen atoms in total. The minimum Gasteiger partial charge on any atom is -0.398 e. The second-order valence-corrected chi connectivity index (χ2v) is 4.54. The molecule has 0 radical (unpaired) electrons. The van der Waals surface area contributed by atoms with Crippen molar-refractivity contribution in [2.45, 2.75) is 58.3 Å². The Balaban J connectivity index is 3.61. The topological polar surface area (TPSA) is 26.0 Å². The molecule has 0 saturated heterocycles. The molecule has 0 saturated carbocycles. The zero-order valence-electron chi connectivity index (χ0n) is 10.9. The van der Waals surface area contributed by atoms with E-state index in [1.807, 2.05) is 0 Å². The monoisotopic (exact) mass is 237 g/mol. The Morgan fingerprint density at radius 3 is 1.50 bits per heavy atom. The van der Waals surface area contributed by atoms with Gasteiger partial charge in [0.25, 0.3) is 0 Å². The largest absolute Gasteiger partial charge is 0.398 e. The zero-order chi connectivity index (χ0) is 12.3. The van der Waals surface area contributed by atoms with Gasteiger partial charge in [0.1, 0.15) is 0 Å². The Morgan fingerprint density at radius 1 is 0.750 bits per heavy atom. The molecule has 0 amide bonds. The van der Waals surface area contributed by atoms with Crippen LogP contribution in [0.25, 0.3) is 0 Å². The highest BCUT2D eigenvalue weighted by Crippen LogP contribution is 2.34. The van der Waals surface area contributed by atoms with Gasteiger partial charge in [-0.2, -0.15) is 0 Å². The standard InChI is InChI=1S/C14H23NS/c1-5-9-10(6-2)12(8-4)14(16)13(15)11(9)7-3/h16H,5-8,15H2,1-4H3. The molecule has 0 atom stereocenters. The molecular weight excluding hydrogens is 214 g/mol. The molecule has 2 N–H and O–H groups in total. The van der Waals surface area contributed by atoms with Gasteiger partial charge in [-0.3, -0.25) is 0 Å². The number of benzene rings is 1. The van der Waals surface area contributed by atoms with E-state index in [-0.39, 0.29) is 0 Å². The van der Waals surface area contributed by atoms with Gasteiger partial charge in [0.05, 0.1) is 0 Å². The van der Waals surface area contributed by atoms with Gasteiger partial charge in [-0.1, -0.05) is 27.7 Å². The molecule has 0 aliphatic heterocycles. The summed E-state index contributed by atoms with van der Waals surface area (Å²) in [5.74, 6) is 0. The van der Waals surface area contributed by atoms with Gasteiger partial charge in [-0.05, 0) is 47.9 Å². The van der Waals surface area contributed by atoms with E-state index in [1.54, 1.807) is 0 Å². The number of nitrogens with two attached hydrogens (primary N) is 1. The van der Waals surface area contributed by atoms with Crippen molar-refractivity contribution >= 4 is 18.3 Å². The van der Waals surface area contributed by atoms with Crippen molar-refractivity contribution in [1.82, 2.24) is 0 Å². The van der Waals surface area contributed by atoms with Crippen molar-refractivity contribution in [2.75, 3.05) is 5.73 Å². The molecule has 90 valence electrons. The predicted molar refractivity (Wildman–Crippen MR) is 75.6 cm³/mol. The first-order chi connectivity index (χ1) is 7.62. The molecule has 2 heteroatoms. The molecule has 0 unspecified atom stereocenters. The van der Waals surface area contributed by atoms with Crippen LogP contribution in [-0.2, 0) is 25.7 Å². The SMILES string of the molecule is CCc1c(N)c(S)c(CC)c(CC)c1CC. The van der Waals surface area contributed by atoms with E-state index in [0.717, 1.165) is 36.3 Å². The van der Waals surface area contributed by atoms with Crippen LogP contribution in [0.4, 0.5) is 5.69 Å². The highest BCUT2D eigenvalue weighted by Gasteiger charge is 2.16. The fourth-order valence-corrected chi connectivity index (χ4v) is 3.04. The molecule has 0 aromatic heterocycles. The van der Waals surface area contributed by atoms with Crippen LogP contribution in [0.1, 0.15) is 49.9 Å². The first kappa shape index (κ1) is 13.4. The van der Waals surface area contributed by atoms with Crippen molar-refractivity contribution in [3.63, 3.8) is 0 Å². The van der Waals surface area contributed by atoms with Crippen LogP contribution >= 0.6 is 12.6 Å². The summed E-state index contributed by atoms with van der Waals surface area (Å²) in [5, 5.41) is 0. The van der Waals surface area contributed by atoms with E-state index >= 15 is 0 Å². The van der Waals surface area contributed by atoms with Gasteiger partial charge in [0.15, 0.2) is 0 Å². The second-order valence-electron chi connectivity index (χ2n) is 4.09. The fourth-order valence-electron chi connectivity index (χ4n) is 2.61. The van der Waals surface area contributed by atoms with Crippen LogP contribution in [0, 0.1) is 0 Å². The van der Waals surface area contributed by atoms with Crippen LogP contribution in [0.3, 0.4) is 0 Å². The maximum Gasteiger partial charge on any atom is 0.0487 e. The normalized spacial score (nSPS) is 10.8. The average molecular weight is 237 g/mol. The molecule has 0 bridgehead atoms. The zero-order valence-corrected chi connectivity index (χ0v) is 11.7. The Labute approximate surface area is 105 Å². The van der Waals surface area contributed by atoms with Gasteiger partial charge in [0.2, 0.25) is 0 Å². The summed E-state index contributed by atoms with van der Waals surface area (Å²) >= 11 is 4.60. The third kappa shape index (κ3) is 2.08. The van der Waals surface area contributed by atoms with Gasteiger partial charge in [-0.15, -0.1) is 12.6 Å². The molecule has 0 fully saturated rings. The van der Waals surface area contributed by atoms with E-state index in [9.17, 15) is 0 Å². The number of nitrogen functional groups attached to an aromatic ring is 1. The third-order valence-electron chi connectivity index (χ3n) is 3.37. The Hall–Kier alpha value is -0.630. The third-order valence-corrected chi connectivity index (χ3v) is 3.88. The molecule has 0 aliphatic carbocycles. The maximum atomic E-state index is 6.19. The smallest absolute Gasteiger partial charge is 0.0487 e. The van der Waals surface area contributed by atoms with E-state index < -0.39 is 0 Å². The van der Waals surface area contributed by atoms with Crippen molar-refractivity contribution in [3.05, 3.63) is 22.3 Å². The van der Waals surface area contributed by atoms with Crippen molar-refractivity contribution < 1.29 is 0 Å². The summed E-state index contributed by atoms with van der Waals surface area (Å²) in [6.45, 7) is 8.78. The highest BCUT2D eigenvalue weighted by molar-refractivity contribution is 7.80. The number of thiol groups is 1. The lowest BCUT2D eigenvalue weighted by Gasteiger charge is -2.21. The Morgan fingerprint density at radius 2 is 1.12 bits per heavy atom. The lowest BCUT2D eigenvalue weighted by atomic mass is 9.89. The van der Waals surface area contributed by atoms with E-state index in [0.29, 0.717) is 0 Å². The van der Waals surface area contributed by atoms with E-state index in [2.05, 4.69) is 40.3 Å². The summed E-state index contributed by atoms with van der Waals surface area (Å²) in [6, 6.07) is 0. The lowest BCUT2D eigenvalue weighted by Crippen LogP contribution is -2.08. The quantitative estimate of drug-likeness (QED) is 0.604. The van der Waals surface area contributed by atoms with E-state index in [4.69, 9.17) is 5.73 Å². The van der Waals surface area contributed by atoms with Crippen LogP contribution < -0.4 is 5.73 Å². The van der Waals surface area contributed by atoms with Gasteiger partial charge in [-0.25, -0.2) is 0 Å². The maximum absolute atomic E-state index is 6.19. The number of anilines is 1. The summed E-state index contributed by atoms with van der Waals surface area (Å²) in [5.41, 5.74) is 12.7. The minimum atomic E-state index is 0.900. The van der Waals surface area contributed by atoms with Gasteiger partial charge in [0, 0.05) is 10.6 Å². The van der Waals surface area contributed by atoms with E-state index in [1.165, 1.54) is 22.3 Å². The van der Waals surface area contributed by atoms with Crippen LogP contribution in [-0.4, -0.2) is 0 Å². The average Bonchev–Trinajstić information content (AvgIpc) is 2.31. The Kier molecular flexibility index (Phi) is 4.72. The fraction of sp³-hybridized carbons (Fsp3) is 0.571. The van der Waals surface area contributed by atoms with Crippen molar-refractivity contribution in [2.24, 2.45) is 0 Å². The lowest BCUT2D eigenvalue weighted by molar-refractivity contribution is 0.923. The van der Waals surface area contributed by atoms with Crippen molar-refractivity contribution in [1.29, 1.82) is 0 Å². The van der Waals surface area contributed by atoms with Crippen LogP contribution in [0.2, 0.25) is 0 Å². The summed E-state index contributed by atoms with van der Waals surface area (Å²) in [4.78, 5) is 1.01. The second kappa shape index (κ2) is 5.62. The summed E-state index contributed by atoms with van der Waals surface area (Å²) in [7, 11) is 0. The first-order valence-electron chi connectivity index (χ1n) is 6.25. The van der Waals surface area contributed by atoms with Crippen LogP contribution in [0.15, 0.2) is 4.90 Å². The molecule has 0 aliphatic rings. The minimum absolute atomic E-state index is 0.900. The number of hydrogen-bond acceptors (Lipinski definition) is 2. The summed E-state index contributed by atoms with van der Waals surface area (Å²) < 4.78 is 0. The Bertz CT molecular complexity index is 346. The number of rotatable bonds is 4.